The third-order valence-electron chi connectivity index (χ3n) is 5.25. The second-order valence-corrected chi connectivity index (χ2v) is 8.53. The van der Waals surface area contributed by atoms with E-state index in [-0.39, 0.29) is 18.0 Å². The van der Waals surface area contributed by atoms with Crippen LogP contribution in [0.15, 0.2) is 82.2 Å². The maximum atomic E-state index is 13.5. The van der Waals surface area contributed by atoms with E-state index in [1.54, 1.807) is 50.3 Å². The minimum atomic E-state index is -0.709. The maximum absolute atomic E-state index is 13.5. The molecule has 0 saturated heterocycles. The first-order valence-corrected chi connectivity index (χ1v) is 11.5. The zero-order chi connectivity index (χ0) is 24.2. The van der Waals surface area contributed by atoms with Crippen molar-refractivity contribution in [1.82, 2.24) is 4.57 Å². The van der Waals surface area contributed by atoms with Gasteiger partial charge in [0.2, 0.25) is 0 Å². The maximum Gasteiger partial charge on any atom is 0.338 e. The number of halogens is 1. The van der Waals surface area contributed by atoms with Gasteiger partial charge in [-0.3, -0.25) is 9.36 Å². The van der Waals surface area contributed by atoms with Gasteiger partial charge in [0.15, 0.2) is 4.80 Å². The molecule has 1 aliphatic heterocycles. The van der Waals surface area contributed by atoms with Crippen LogP contribution in [0.1, 0.15) is 31.0 Å². The number of esters is 1. The monoisotopic (exact) mass is 478 g/mol. The molecule has 34 heavy (non-hydrogen) atoms. The van der Waals surface area contributed by atoms with Crippen LogP contribution < -0.4 is 19.6 Å². The van der Waals surface area contributed by atoms with E-state index >= 15 is 0 Å². The largest absolute Gasteiger partial charge is 0.490 e. The van der Waals surface area contributed by atoms with Crippen LogP contribution in [-0.2, 0) is 9.53 Å². The highest BCUT2D eigenvalue weighted by molar-refractivity contribution is 7.07. The van der Waals surface area contributed by atoms with Crippen molar-refractivity contribution in [1.29, 1.82) is 0 Å². The number of fused-ring (bicyclic) bond motifs is 1. The average molecular weight is 479 g/mol. The molecule has 0 fully saturated rings. The summed E-state index contributed by atoms with van der Waals surface area (Å²) in [6.07, 6.45) is 3.34. The molecule has 2 heterocycles. The molecule has 6 nitrogen and oxygen atoms in total. The van der Waals surface area contributed by atoms with Crippen LogP contribution in [0.3, 0.4) is 0 Å². The molecular weight excluding hydrogens is 455 g/mol. The van der Waals surface area contributed by atoms with Crippen molar-refractivity contribution < 1.29 is 18.7 Å². The van der Waals surface area contributed by atoms with Crippen molar-refractivity contribution in [3.8, 4) is 5.75 Å². The van der Waals surface area contributed by atoms with Crippen LogP contribution in [-0.4, -0.2) is 23.8 Å². The Labute approximate surface area is 199 Å². The number of ether oxygens (including phenoxy) is 2. The number of thiazole rings is 1. The second-order valence-electron chi connectivity index (χ2n) is 7.52. The summed E-state index contributed by atoms with van der Waals surface area (Å²) in [5, 5.41) is 0. The normalized spacial score (nSPS) is 15.5. The molecule has 1 unspecified atom stereocenters. The first-order valence-electron chi connectivity index (χ1n) is 10.7. The lowest BCUT2D eigenvalue weighted by molar-refractivity contribution is -0.139. The Morgan fingerprint density at radius 2 is 1.91 bits per heavy atom. The van der Waals surface area contributed by atoms with Crippen LogP contribution in [0.4, 0.5) is 4.39 Å². The number of aromatic nitrogens is 1. The van der Waals surface area contributed by atoms with Gasteiger partial charge in [-0.05, 0) is 55.3 Å². The highest BCUT2D eigenvalue weighted by atomic mass is 32.1. The molecule has 0 bridgehead atoms. The first kappa shape index (κ1) is 23.4. The SMILES string of the molecule is C=CCOc1ccc(C2C(C(=O)OCC)=C(C)N=c3s/c(=C\c4ccc(F)cc4)c(=O)n32)cc1. The van der Waals surface area contributed by atoms with Crippen LogP contribution in [0.5, 0.6) is 5.75 Å². The van der Waals surface area contributed by atoms with Gasteiger partial charge in [0.05, 0.1) is 28.5 Å². The molecule has 0 aliphatic carbocycles. The molecule has 0 N–H and O–H groups in total. The molecule has 3 aromatic rings. The molecular formula is C26H23FN2O4S. The van der Waals surface area contributed by atoms with E-state index in [9.17, 15) is 14.0 Å². The zero-order valence-corrected chi connectivity index (χ0v) is 19.6. The van der Waals surface area contributed by atoms with Gasteiger partial charge in [-0.15, -0.1) is 0 Å². The molecule has 1 atom stereocenters. The van der Waals surface area contributed by atoms with Gasteiger partial charge in [0.1, 0.15) is 18.2 Å². The molecule has 1 aromatic heterocycles. The quantitative estimate of drug-likeness (QED) is 0.385. The summed E-state index contributed by atoms with van der Waals surface area (Å²) in [5.74, 6) is -0.229. The number of benzene rings is 2. The Hall–Kier alpha value is -3.78. The summed E-state index contributed by atoms with van der Waals surface area (Å²) in [6, 6.07) is 12.4. The standard InChI is InChI=1S/C26H23FN2O4S/c1-4-14-33-20-12-8-18(9-13-20)23-22(25(31)32-5-2)16(3)28-26-29(23)24(30)21(34-26)15-17-6-10-19(27)11-7-17/h4,6-13,15,23H,1,5,14H2,2-3H3/b21-15-. The van der Waals surface area contributed by atoms with Gasteiger partial charge in [-0.25, -0.2) is 14.2 Å². The van der Waals surface area contributed by atoms with Crippen molar-refractivity contribution >= 4 is 23.4 Å². The number of allylic oxidation sites excluding steroid dienone is 1. The molecule has 0 amide bonds. The minimum absolute atomic E-state index is 0.200. The fraction of sp³-hybridized carbons (Fsp3) is 0.192. The summed E-state index contributed by atoms with van der Waals surface area (Å²) < 4.78 is 26.1. The molecule has 0 spiro atoms. The summed E-state index contributed by atoms with van der Waals surface area (Å²) in [7, 11) is 0. The molecule has 0 saturated carbocycles. The second kappa shape index (κ2) is 10.0. The van der Waals surface area contributed by atoms with Crippen molar-refractivity contribution in [3.05, 3.63) is 109 Å². The topological polar surface area (TPSA) is 69.9 Å². The first-order chi connectivity index (χ1) is 16.4. The van der Waals surface area contributed by atoms with Crippen LogP contribution >= 0.6 is 11.3 Å². The average Bonchev–Trinajstić information content (AvgIpc) is 3.13. The van der Waals surface area contributed by atoms with Gasteiger partial charge in [-0.2, -0.15) is 0 Å². The van der Waals surface area contributed by atoms with E-state index in [0.29, 0.717) is 38.5 Å². The lowest BCUT2D eigenvalue weighted by Gasteiger charge is -2.24. The van der Waals surface area contributed by atoms with E-state index in [2.05, 4.69) is 11.6 Å². The van der Waals surface area contributed by atoms with Gasteiger partial charge < -0.3 is 9.47 Å². The minimum Gasteiger partial charge on any atom is -0.490 e. The number of hydrogen-bond donors (Lipinski definition) is 0. The summed E-state index contributed by atoms with van der Waals surface area (Å²) in [6.45, 7) is 7.67. The molecule has 0 radical (unpaired) electrons. The van der Waals surface area contributed by atoms with Crippen molar-refractivity contribution in [2.75, 3.05) is 13.2 Å². The van der Waals surface area contributed by atoms with Crippen molar-refractivity contribution in [3.63, 3.8) is 0 Å². The predicted molar refractivity (Wildman–Crippen MR) is 129 cm³/mol. The number of nitrogens with zero attached hydrogens (tertiary/aromatic N) is 2. The predicted octanol–water partition coefficient (Wildman–Crippen LogP) is 3.50. The third kappa shape index (κ3) is 4.63. The Morgan fingerprint density at radius 1 is 1.21 bits per heavy atom. The van der Waals surface area contributed by atoms with Gasteiger partial charge in [0.25, 0.3) is 5.56 Å². The Morgan fingerprint density at radius 3 is 2.56 bits per heavy atom. The summed E-state index contributed by atoms with van der Waals surface area (Å²) >= 11 is 1.22. The lowest BCUT2D eigenvalue weighted by Crippen LogP contribution is -2.39. The van der Waals surface area contributed by atoms with E-state index in [1.807, 2.05) is 12.1 Å². The Bertz CT molecular complexity index is 1430. The van der Waals surface area contributed by atoms with Crippen LogP contribution in [0.2, 0.25) is 0 Å². The van der Waals surface area contributed by atoms with E-state index < -0.39 is 12.0 Å². The van der Waals surface area contributed by atoms with Crippen LogP contribution in [0.25, 0.3) is 6.08 Å². The fourth-order valence-electron chi connectivity index (χ4n) is 3.72. The number of rotatable bonds is 7. The van der Waals surface area contributed by atoms with Crippen molar-refractivity contribution in [2.24, 2.45) is 4.99 Å². The zero-order valence-electron chi connectivity index (χ0n) is 18.8. The molecule has 2 aromatic carbocycles. The van der Waals surface area contributed by atoms with Gasteiger partial charge in [-0.1, -0.05) is 48.3 Å². The van der Waals surface area contributed by atoms with Crippen molar-refractivity contribution in [2.45, 2.75) is 19.9 Å². The van der Waals surface area contributed by atoms with Gasteiger partial charge >= 0.3 is 5.97 Å². The fourth-order valence-corrected chi connectivity index (χ4v) is 4.77. The highest BCUT2D eigenvalue weighted by Gasteiger charge is 2.33. The van der Waals surface area contributed by atoms with E-state index in [1.165, 1.54) is 28.0 Å². The van der Waals surface area contributed by atoms with Gasteiger partial charge in [0, 0.05) is 0 Å². The molecule has 1 aliphatic rings. The third-order valence-corrected chi connectivity index (χ3v) is 6.23. The smallest absolute Gasteiger partial charge is 0.338 e. The summed E-state index contributed by atoms with van der Waals surface area (Å²) in [5.41, 5.74) is 1.91. The molecule has 8 heteroatoms. The highest BCUT2D eigenvalue weighted by Crippen LogP contribution is 2.31. The summed E-state index contributed by atoms with van der Waals surface area (Å²) in [4.78, 5) is 31.4. The lowest BCUT2D eigenvalue weighted by atomic mass is 9.96. The number of carbonyl (C=O) groups excluding carboxylic acids is 1. The molecule has 4 rings (SSSR count). The van der Waals surface area contributed by atoms with E-state index in [4.69, 9.17) is 9.47 Å². The number of hydrogen-bond acceptors (Lipinski definition) is 6. The van der Waals surface area contributed by atoms with Crippen LogP contribution in [0, 0.1) is 5.82 Å². The Balaban J connectivity index is 1.88. The number of carbonyl (C=O) groups is 1. The Kier molecular flexibility index (Phi) is 6.88. The molecule has 174 valence electrons. The van der Waals surface area contributed by atoms with E-state index in [0.717, 1.165) is 5.56 Å².